The van der Waals surface area contributed by atoms with E-state index in [-0.39, 0.29) is 11.9 Å². The van der Waals surface area contributed by atoms with Crippen LogP contribution in [-0.2, 0) is 9.63 Å². The minimum atomic E-state index is 0.0798. The van der Waals surface area contributed by atoms with Gasteiger partial charge >= 0.3 is 0 Å². The van der Waals surface area contributed by atoms with Gasteiger partial charge in [0.1, 0.15) is 0 Å². The van der Waals surface area contributed by atoms with Gasteiger partial charge in [0.15, 0.2) is 0 Å². The van der Waals surface area contributed by atoms with Crippen LogP contribution in [0.25, 0.3) is 0 Å². The van der Waals surface area contributed by atoms with Gasteiger partial charge in [-0.1, -0.05) is 18.2 Å². The molecule has 1 aromatic rings. The zero-order chi connectivity index (χ0) is 10.7. The highest BCUT2D eigenvalue weighted by atomic mass is 32.2. The highest BCUT2D eigenvalue weighted by Crippen LogP contribution is 2.26. The van der Waals surface area contributed by atoms with E-state index in [2.05, 4.69) is 12.1 Å². The van der Waals surface area contributed by atoms with Crippen LogP contribution >= 0.6 is 11.8 Å². The summed E-state index contributed by atoms with van der Waals surface area (Å²) in [7, 11) is 1.54. The standard InChI is InChI=1S/C11H13NO2S/c1-14-12-9(7-11(12)13)8-15-10-5-3-2-4-6-10/h2-6,9H,7-8H2,1H3. The van der Waals surface area contributed by atoms with Crippen molar-refractivity contribution in [2.75, 3.05) is 12.9 Å². The molecular weight excluding hydrogens is 210 g/mol. The van der Waals surface area contributed by atoms with Gasteiger partial charge in [0.2, 0.25) is 5.91 Å². The van der Waals surface area contributed by atoms with Crippen LogP contribution < -0.4 is 0 Å². The van der Waals surface area contributed by atoms with Crippen LogP contribution in [0.15, 0.2) is 35.2 Å². The summed E-state index contributed by atoms with van der Waals surface area (Å²) in [5, 5.41) is 1.45. The number of carbonyl (C=O) groups excluding carboxylic acids is 1. The number of amides is 1. The molecular formula is C11H13NO2S. The van der Waals surface area contributed by atoms with Crippen LogP contribution in [0.3, 0.4) is 0 Å². The summed E-state index contributed by atoms with van der Waals surface area (Å²) in [5.41, 5.74) is 0. The molecule has 1 atom stereocenters. The summed E-state index contributed by atoms with van der Waals surface area (Å²) < 4.78 is 0. The predicted octanol–water partition coefficient (Wildman–Crippen LogP) is 1.94. The van der Waals surface area contributed by atoms with E-state index in [1.54, 1.807) is 11.8 Å². The number of thioether (sulfide) groups is 1. The molecule has 0 radical (unpaired) electrons. The summed E-state index contributed by atoms with van der Waals surface area (Å²) in [6.45, 7) is 0. The molecule has 0 saturated carbocycles. The quantitative estimate of drug-likeness (QED) is 0.577. The number of nitrogens with zero attached hydrogens (tertiary/aromatic N) is 1. The summed E-state index contributed by atoms with van der Waals surface area (Å²) in [6, 6.07) is 10.4. The Morgan fingerprint density at radius 2 is 2.20 bits per heavy atom. The maximum atomic E-state index is 11.1. The first-order valence-electron chi connectivity index (χ1n) is 4.85. The number of hydrogen-bond donors (Lipinski definition) is 0. The van der Waals surface area contributed by atoms with Crippen molar-refractivity contribution in [3.63, 3.8) is 0 Å². The molecule has 15 heavy (non-hydrogen) atoms. The molecule has 1 aliphatic heterocycles. The van der Waals surface area contributed by atoms with Crippen molar-refractivity contribution in [3.8, 4) is 0 Å². The Morgan fingerprint density at radius 3 is 2.80 bits per heavy atom. The number of carbonyl (C=O) groups is 1. The fourth-order valence-corrected chi connectivity index (χ4v) is 2.54. The van der Waals surface area contributed by atoms with Gasteiger partial charge in [0.25, 0.3) is 0 Å². The second-order valence-electron chi connectivity index (χ2n) is 3.38. The molecule has 0 spiro atoms. The maximum Gasteiger partial charge on any atom is 0.248 e. The van der Waals surface area contributed by atoms with E-state index in [1.807, 2.05) is 18.2 Å². The summed E-state index contributed by atoms with van der Waals surface area (Å²) in [4.78, 5) is 17.3. The third-order valence-electron chi connectivity index (χ3n) is 2.37. The number of benzene rings is 1. The molecule has 1 amide bonds. The molecule has 0 N–H and O–H groups in total. The van der Waals surface area contributed by atoms with Crippen molar-refractivity contribution in [3.05, 3.63) is 30.3 Å². The molecule has 1 aliphatic rings. The van der Waals surface area contributed by atoms with Crippen LogP contribution in [-0.4, -0.2) is 29.9 Å². The lowest BCUT2D eigenvalue weighted by Gasteiger charge is -2.37. The van der Waals surface area contributed by atoms with Gasteiger partial charge in [-0.25, -0.2) is 5.06 Å². The molecule has 4 heteroatoms. The van der Waals surface area contributed by atoms with E-state index in [0.717, 1.165) is 5.75 Å². The van der Waals surface area contributed by atoms with Gasteiger partial charge in [-0.15, -0.1) is 11.8 Å². The molecule has 3 nitrogen and oxygen atoms in total. The molecule has 0 aromatic heterocycles. The van der Waals surface area contributed by atoms with Crippen LogP contribution in [0.1, 0.15) is 6.42 Å². The normalized spacial score (nSPS) is 20.2. The number of rotatable bonds is 4. The summed E-state index contributed by atoms with van der Waals surface area (Å²) >= 11 is 1.75. The zero-order valence-electron chi connectivity index (χ0n) is 8.55. The molecule has 1 saturated heterocycles. The van der Waals surface area contributed by atoms with Gasteiger partial charge < -0.3 is 0 Å². The monoisotopic (exact) mass is 223 g/mol. The van der Waals surface area contributed by atoms with Crippen molar-refractivity contribution < 1.29 is 9.63 Å². The Morgan fingerprint density at radius 1 is 1.47 bits per heavy atom. The Balaban J connectivity index is 1.82. The molecule has 0 bridgehead atoms. The van der Waals surface area contributed by atoms with Gasteiger partial charge in [-0.05, 0) is 12.1 Å². The highest BCUT2D eigenvalue weighted by Gasteiger charge is 2.36. The topological polar surface area (TPSA) is 29.5 Å². The van der Waals surface area contributed by atoms with Crippen molar-refractivity contribution in [2.24, 2.45) is 0 Å². The summed E-state index contributed by atoms with van der Waals surface area (Å²) in [5.74, 6) is 0.972. The first kappa shape index (κ1) is 10.5. The Hall–Kier alpha value is -1.00. The van der Waals surface area contributed by atoms with E-state index in [1.165, 1.54) is 17.1 Å². The summed E-state index contributed by atoms with van der Waals surface area (Å²) in [6.07, 6.45) is 0.605. The minimum Gasteiger partial charge on any atom is -0.274 e. The molecule has 1 heterocycles. The average molecular weight is 223 g/mol. The lowest BCUT2D eigenvalue weighted by molar-refractivity contribution is -0.211. The Kier molecular flexibility index (Phi) is 3.28. The van der Waals surface area contributed by atoms with E-state index in [9.17, 15) is 4.79 Å². The lowest BCUT2D eigenvalue weighted by Crippen LogP contribution is -2.52. The second-order valence-corrected chi connectivity index (χ2v) is 4.48. The lowest BCUT2D eigenvalue weighted by atomic mass is 10.1. The zero-order valence-corrected chi connectivity index (χ0v) is 9.37. The van der Waals surface area contributed by atoms with E-state index in [4.69, 9.17) is 4.84 Å². The smallest absolute Gasteiger partial charge is 0.248 e. The third kappa shape index (κ3) is 2.33. The number of β-lactam (4-membered cyclic amide) rings is 1. The predicted molar refractivity (Wildman–Crippen MR) is 59.4 cm³/mol. The minimum absolute atomic E-state index is 0.0798. The van der Waals surface area contributed by atoms with Gasteiger partial charge in [0, 0.05) is 10.6 Å². The Labute approximate surface area is 93.4 Å². The van der Waals surface area contributed by atoms with E-state index < -0.39 is 0 Å². The van der Waals surface area contributed by atoms with E-state index >= 15 is 0 Å². The molecule has 1 aromatic carbocycles. The van der Waals surface area contributed by atoms with Crippen LogP contribution in [0, 0.1) is 0 Å². The van der Waals surface area contributed by atoms with Gasteiger partial charge in [0.05, 0.1) is 19.6 Å². The highest BCUT2D eigenvalue weighted by molar-refractivity contribution is 7.99. The van der Waals surface area contributed by atoms with Crippen LogP contribution in [0.5, 0.6) is 0 Å². The largest absolute Gasteiger partial charge is 0.274 e. The molecule has 1 fully saturated rings. The first-order valence-corrected chi connectivity index (χ1v) is 5.84. The number of hydrogen-bond acceptors (Lipinski definition) is 3. The SMILES string of the molecule is CON1C(=O)CC1CSc1ccccc1. The van der Waals surface area contributed by atoms with Crippen molar-refractivity contribution in [2.45, 2.75) is 17.4 Å². The van der Waals surface area contributed by atoms with Crippen molar-refractivity contribution >= 4 is 17.7 Å². The van der Waals surface area contributed by atoms with Crippen LogP contribution in [0.4, 0.5) is 0 Å². The number of hydroxylamine groups is 2. The fourth-order valence-electron chi connectivity index (χ4n) is 1.55. The van der Waals surface area contributed by atoms with E-state index in [0.29, 0.717) is 6.42 Å². The van der Waals surface area contributed by atoms with Crippen LogP contribution in [0.2, 0.25) is 0 Å². The third-order valence-corrected chi connectivity index (χ3v) is 3.53. The van der Waals surface area contributed by atoms with Gasteiger partial charge in [-0.2, -0.15) is 0 Å². The first-order chi connectivity index (χ1) is 7.31. The fraction of sp³-hybridized carbons (Fsp3) is 0.364. The molecule has 80 valence electrons. The van der Waals surface area contributed by atoms with Crippen molar-refractivity contribution in [1.82, 2.24) is 5.06 Å². The molecule has 2 rings (SSSR count). The average Bonchev–Trinajstić information content (AvgIpc) is 2.26. The second kappa shape index (κ2) is 4.68. The Bertz CT molecular complexity index is 342. The molecule has 0 aliphatic carbocycles. The maximum absolute atomic E-state index is 11.1. The van der Waals surface area contributed by atoms with Crippen molar-refractivity contribution in [1.29, 1.82) is 0 Å². The molecule has 1 unspecified atom stereocenters. The van der Waals surface area contributed by atoms with Gasteiger partial charge in [-0.3, -0.25) is 9.63 Å².